The zero-order valence-corrected chi connectivity index (χ0v) is 12.2. The van der Waals surface area contributed by atoms with E-state index < -0.39 is 22.0 Å². The Morgan fingerprint density at radius 1 is 1.37 bits per heavy atom. The average molecular weight is 288 g/mol. The zero-order chi connectivity index (χ0) is 14.6. The van der Waals surface area contributed by atoms with Gasteiger partial charge in [0.25, 0.3) is 5.56 Å². The first kappa shape index (κ1) is 15.5. The summed E-state index contributed by atoms with van der Waals surface area (Å²) in [4.78, 5) is 23.9. The summed E-state index contributed by atoms with van der Waals surface area (Å²) in [6, 6.07) is 0. The minimum Gasteiger partial charge on any atom is -0.383 e. The number of nitrogens with zero attached hydrogens (tertiary/aromatic N) is 2. The van der Waals surface area contributed by atoms with Gasteiger partial charge in [-0.1, -0.05) is 6.92 Å². The van der Waals surface area contributed by atoms with E-state index in [1.54, 1.807) is 6.26 Å². The quantitative estimate of drug-likeness (QED) is 0.723. The van der Waals surface area contributed by atoms with Crippen LogP contribution >= 0.6 is 0 Å². The van der Waals surface area contributed by atoms with E-state index in [1.165, 1.54) is 11.6 Å². The first-order chi connectivity index (χ1) is 8.90. The molecule has 1 atom stereocenters. The molecule has 19 heavy (non-hydrogen) atoms. The van der Waals surface area contributed by atoms with E-state index in [4.69, 9.17) is 5.73 Å². The number of aromatic nitrogens is 2. The molecule has 1 heterocycles. The Morgan fingerprint density at radius 3 is 2.53 bits per heavy atom. The third kappa shape index (κ3) is 3.46. The second kappa shape index (κ2) is 6.55. The van der Waals surface area contributed by atoms with E-state index in [2.05, 4.69) is 5.32 Å². The molecule has 0 aromatic carbocycles. The van der Waals surface area contributed by atoms with Gasteiger partial charge in [0, 0.05) is 42.9 Å². The lowest BCUT2D eigenvalue weighted by atomic mass is 10.4. The average Bonchev–Trinajstić information content (AvgIpc) is 2.36. The highest BCUT2D eigenvalue weighted by Crippen LogP contribution is 2.10. The van der Waals surface area contributed by atoms with Gasteiger partial charge >= 0.3 is 5.69 Å². The molecule has 1 rings (SSSR count). The molecular weight excluding hydrogens is 268 g/mol. The Labute approximate surface area is 113 Å². The van der Waals surface area contributed by atoms with Crippen molar-refractivity contribution in [1.82, 2.24) is 9.13 Å². The molecule has 0 aliphatic carbocycles. The molecule has 0 fully saturated rings. The molecule has 1 aromatic heterocycles. The lowest BCUT2D eigenvalue weighted by molar-refractivity contribution is 0.600. The maximum atomic E-state index is 12.0. The number of anilines is 2. The summed E-state index contributed by atoms with van der Waals surface area (Å²) in [5, 5.41) is 2.87. The molecule has 7 nitrogen and oxygen atoms in total. The molecular formula is C11H20N4O3S. The molecule has 0 radical (unpaired) electrons. The Bertz CT molecular complexity index is 591. The van der Waals surface area contributed by atoms with Crippen LogP contribution in [0.15, 0.2) is 9.59 Å². The predicted molar refractivity (Wildman–Crippen MR) is 78.1 cm³/mol. The summed E-state index contributed by atoms with van der Waals surface area (Å²) in [7, 11) is 0.464. The van der Waals surface area contributed by atoms with Crippen LogP contribution in [0.1, 0.15) is 13.3 Å². The minimum atomic E-state index is -0.952. The van der Waals surface area contributed by atoms with Crippen LogP contribution in [-0.4, -0.2) is 31.9 Å². The van der Waals surface area contributed by atoms with Crippen LogP contribution in [0.3, 0.4) is 0 Å². The predicted octanol–water partition coefficient (Wildman–Crippen LogP) is -0.670. The lowest BCUT2D eigenvalue weighted by Crippen LogP contribution is -2.41. The number of rotatable bonds is 6. The minimum absolute atomic E-state index is 0.136. The lowest BCUT2D eigenvalue weighted by Gasteiger charge is -2.15. The van der Waals surface area contributed by atoms with Crippen LogP contribution < -0.4 is 22.3 Å². The molecule has 108 valence electrons. The van der Waals surface area contributed by atoms with Gasteiger partial charge in [0.05, 0.1) is 0 Å². The van der Waals surface area contributed by atoms with E-state index >= 15 is 0 Å². The van der Waals surface area contributed by atoms with Crippen molar-refractivity contribution in [3.8, 4) is 0 Å². The number of hydrogen-bond donors (Lipinski definition) is 2. The largest absolute Gasteiger partial charge is 0.383 e. The highest BCUT2D eigenvalue weighted by Gasteiger charge is 2.14. The maximum Gasteiger partial charge on any atom is 0.332 e. The summed E-state index contributed by atoms with van der Waals surface area (Å²) >= 11 is 0. The molecule has 0 bridgehead atoms. The van der Waals surface area contributed by atoms with Gasteiger partial charge < -0.3 is 11.1 Å². The fourth-order valence-electron chi connectivity index (χ4n) is 1.71. The van der Waals surface area contributed by atoms with Gasteiger partial charge in [-0.15, -0.1) is 0 Å². The monoisotopic (exact) mass is 288 g/mol. The highest BCUT2D eigenvalue weighted by atomic mass is 32.2. The van der Waals surface area contributed by atoms with Gasteiger partial charge in [0.2, 0.25) is 0 Å². The first-order valence-corrected chi connectivity index (χ1v) is 7.76. The number of nitrogens with two attached hydrogens (primary N) is 1. The summed E-state index contributed by atoms with van der Waals surface area (Å²) in [5.41, 5.74) is 5.18. The molecule has 3 N–H and O–H groups in total. The fourth-order valence-corrected chi connectivity index (χ4v) is 2.10. The maximum absolute atomic E-state index is 12.0. The van der Waals surface area contributed by atoms with Crippen LogP contribution in [0.25, 0.3) is 0 Å². The first-order valence-electron chi connectivity index (χ1n) is 6.03. The van der Waals surface area contributed by atoms with Crippen LogP contribution in [0.4, 0.5) is 11.5 Å². The SMILES string of the molecule is CCCn1c(N)c(NCCS(C)=O)c(=O)n(C)c1=O. The highest BCUT2D eigenvalue weighted by molar-refractivity contribution is 7.84. The van der Waals surface area contributed by atoms with Gasteiger partial charge in [-0.05, 0) is 6.42 Å². The normalized spacial score (nSPS) is 12.4. The van der Waals surface area contributed by atoms with Crippen molar-refractivity contribution in [2.75, 3.05) is 29.6 Å². The fraction of sp³-hybridized carbons (Fsp3) is 0.636. The van der Waals surface area contributed by atoms with Crippen LogP contribution in [-0.2, 0) is 24.4 Å². The van der Waals surface area contributed by atoms with E-state index in [1.807, 2.05) is 6.92 Å². The smallest absolute Gasteiger partial charge is 0.332 e. The molecule has 8 heteroatoms. The third-order valence-corrected chi connectivity index (χ3v) is 3.50. The third-order valence-electron chi connectivity index (χ3n) is 2.72. The second-order valence-corrected chi connectivity index (χ2v) is 5.82. The number of nitrogen functional groups attached to an aromatic ring is 1. The Kier molecular flexibility index (Phi) is 5.34. The molecule has 1 aromatic rings. The van der Waals surface area contributed by atoms with E-state index in [0.717, 1.165) is 11.0 Å². The molecule has 0 saturated carbocycles. The van der Waals surface area contributed by atoms with Crippen LogP contribution in [0.5, 0.6) is 0 Å². The summed E-state index contributed by atoms with van der Waals surface area (Å²) in [6.45, 7) is 2.74. The van der Waals surface area contributed by atoms with Crippen molar-refractivity contribution in [2.24, 2.45) is 7.05 Å². The summed E-state index contributed by atoms with van der Waals surface area (Å²) in [6.07, 6.45) is 2.32. The van der Waals surface area contributed by atoms with E-state index in [9.17, 15) is 13.8 Å². The van der Waals surface area contributed by atoms with Gasteiger partial charge in [0.15, 0.2) is 0 Å². The van der Waals surface area contributed by atoms with E-state index in [-0.39, 0.29) is 11.5 Å². The molecule has 1 unspecified atom stereocenters. The Morgan fingerprint density at radius 2 is 2.00 bits per heavy atom. The standard InChI is InChI=1S/C11H20N4O3S/c1-4-6-15-9(12)8(13-5-7-19(3)18)10(16)14(2)11(15)17/h13H,4-7,12H2,1-3H3. The van der Waals surface area contributed by atoms with Crippen LogP contribution in [0, 0.1) is 0 Å². The van der Waals surface area contributed by atoms with Crippen molar-refractivity contribution in [3.05, 3.63) is 20.8 Å². The van der Waals surface area contributed by atoms with Gasteiger partial charge in [0.1, 0.15) is 11.5 Å². The molecule has 0 saturated heterocycles. The Hall–Kier alpha value is -1.57. The molecule has 0 spiro atoms. The number of hydrogen-bond acceptors (Lipinski definition) is 5. The summed E-state index contributed by atoms with van der Waals surface area (Å²) in [5.74, 6) is 0.548. The second-order valence-electron chi connectivity index (χ2n) is 4.26. The van der Waals surface area contributed by atoms with Crippen molar-refractivity contribution in [3.63, 3.8) is 0 Å². The molecule has 0 aliphatic rings. The Balaban J connectivity index is 3.20. The van der Waals surface area contributed by atoms with Crippen LogP contribution in [0.2, 0.25) is 0 Å². The molecule has 0 amide bonds. The van der Waals surface area contributed by atoms with Gasteiger partial charge in [-0.3, -0.25) is 18.1 Å². The molecule has 0 aliphatic heterocycles. The van der Waals surface area contributed by atoms with Crippen molar-refractivity contribution in [2.45, 2.75) is 19.9 Å². The van der Waals surface area contributed by atoms with Gasteiger partial charge in [-0.25, -0.2) is 4.79 Å². The number of nitrogens with one attached hydrogen (secondary N) is 1. The van der Waals surface area contributed by atoms with E-state index in [0.29, 0.717) is 18.8 Å². The van der Waals surface area contributed by atoms with Crippen molar-refractivity contribution in [1.29, 1.82) is 0 Å². The zero-order valence-electron chi connectivity index (χ0n) is 11.4. The van der Waals surface area contributed by atoms with Crippen molar-refractivity contribution >= 4 is 22.3 Å². The summed E-state index contributed by atoms with van der Waals surface area (Å²) < 4.78 is 13.4. The topological polar surface area (TPSA) is 99.1 Å². The van der Waals surface area contributed by atoms with Crippen molar-refractivity contribution < 1.29 is 4.21 Å². The van der Waals surface area contributed by atoms with Gasteiger partial charge in [-0.2, -0.15) is 0 Å².